The molecule has 0 aliphatic rings. The lowest BCUT2D eigenvalue weighted by Gasteiger charge is -2.31. The molecule has 2 rings (SSSR count). The average molecular weight is 316 g/mol. The minimum Gasteiger partial charge on any atom is -0.496 e. The summed E-state index contributed by atoms with van der Waals surface area (Å²) in [5.41, 5.74) is 0.551. The fraction of sp³-hybridized carbons (Fsp3) is 0.278. The molecule has 0 saturated heterocycles. The first-order valence-corrected chi connectivity index (χ1v) is 7.30. The van der Waals surface area contributed by atoms with Gasteiger partial charge in [0, 0.05) is 5.41 Å². The van der Waals surface area contributed by atoms with Crippen LogP contribution in [-0.4, -0.2) is 29.8 Å². The first kappa shape index (κ1) is 17.0. The van der Waals surface area contributed by atoms with Gasteiger partial charge in [0.2, 0.25) is 0 Å². The highest BCUT2D eigenvalue weighted by Gasteiger charge is 2.27. The summed E-state index contributed by atoms with van der Waals surface area (Å²) in [5.74, 6) is -0.721. The molecule has 0 saturated carbocycles. The molecule has 2 aromatic carbocycles. The zero-order valence-electron chi connectivity index (χ0n) is 13.5. The molecule has 0 aliphatic carbocycles. The Labute approximate surface area is 135 Å². The number of hydroxylamine groups is 2. The normalized spacial score (nSPS) is 11.2. The number of ether oxygens (including phenoxy) is 1. The zero-order chi connectivity index (χ0) is 17.0. The quantitative estimate of drug-likeness (QED) is 0.501. The molecule has 122 valence electrons. The largest absolute Gasteiger partial charge is 0.496 e. The topological polar surface area (TPSA) is 56.5 Å². The molecule has 5 heteroatoms. The third kappa shape index (κ3) is 3.68. The molecule has 23 heavy (non-hydrogen) atoms. The number of rotatable bonds is 5. The molecular formula is C18H21FN2O2. The maximum Gasteiger partial charge on any atom is 0.158 e. The molecule has 0 atom stereocenters. The lowest BCUT2D eigenvalue weighted by Crippen LogP contribution is -2.39. The van der Waals surface area contributed by atoms with Crippen molar-refractivity contribution >= 4 is 5.84 Å². The van der Waals surface area contributed by atoms with Gasteiger partial charge in [-0.2, -0.15) is 0 Å². The monoisotopic (exact) mass is 316 g/mol. The summed E-state index contributed by atoms with van der Waals surface area (Å²) in [6, 6.07) is 14.0. The molecule has 0 spiro atoms. The summed E-state index contributed by atoms with van der Waals surface area (Å²) in [4.78, 5) is 0. The van der Waals surface area contributed by atoms with E-state index in [1.54, 1.807) is 6.07 Å². The standard InChI is InChI=1S/C18H21FN2O2/c1-18(2,13-8-5-4-6-9-13)12-21(22)17(20)16-14(19)10-7-11-15(16)23-3/h4-11,20,22H,12H2,1-3H3. The summed E-state index contributed by atoms with van der Waals surface area (Å²) in [6.45, 7) is 4.06. The van der Waals surface area contributed by atoms with E-state index in [1.807, 2.05) is 44.2 Å². The van der Waals surface area contributed by atoms with Crippen molar-refractivity contribution in [1.29, 1.82) is 5.41 Å². The summed E-state index contributed by atoms with van der Waals surface area (Å²) >= 11 is 0. The van der Waals surface area contributed by atoms with Gasteiger partial charge in [-0.1, -0.05) is 50.2 Å². The van der Waals surface area contributed by atoms with Crippen molar-refractivity contribution in [3.05, 3.63) is 65.5 Å². The van der Waals surface area contributed by atoms with Gasteiger partial charge < -0.3 is 4.74 Å². The van der Waals surface area contributed by atoms with Gasteiger partial charge in [-0.15, -0.1) is 0 Å². The summed E-state index contributed by atoms with van der Waals surface area (Å²) in [5, 5.41) is 19.2. The van der Waals surface area contributed by atoms with Crippen LogP contribution in [0.5, 0.6) is 5.75 Å². The molecule has 0 fully saturated rings. The number of amidine groups is 1. The fourth-order valence-corrected chi connectivity index (χ4v) is 2.47. The van der Waals surface area contributed by atoms with Gasteiger partial charge >= 0.3 is 0 Å². The molecule has 2 aromatic rings. The van der Waals surface area contributed by atoms with Crippen LogP contribution < -0.4 is 4.74 Å². The Morgan fingerprint density at radius 1 is 1.17 bits per heavy atom. The van der Waals surface area contributed by atoms with E-state index in [0.29, 0.717) is 0 Å². The predicted molar refractivity (Wildman–Crippen MR) is 87.7 cm³/mol. The van der Waals surface area contributed by atoms with Crippen molar-refractivity contribution < 1.29 is 14.3 Å². The maximum atomic E-state index is 14.0. The van der Waals surface area contributed by atoms with Crippen LogP contribution in [0, 0.1) is 11.2 Å². The first-order chi connectivity index (χ1) is 10.9. The Hall–Kier alpha value is -2.40. The second kappa shape index (κ2) is 6.79. The van der Waals surface area contributed by atoms with Gasteiger partial charge in [-0.25, -0.2) is 9.45 Å². The van der Waals surface area contributed by atoms with Crippen LogP contribution in [0.25, 0.3) is 0 Å². The average Bonchev–Trinajstić information content (AvgIpc) is 2.54. The number of nitrogens with one attached hydrogen (secondary N) is 1. The third-order valence-electron chi connectivity index (χ3n) is 3.79. The van der Waals surface area contributed by atoms with Crippen LogP contribution in [0.2, 0.25) is 0 Å². The smallest absolute Gasteiger partial charge is 0.158 e. The van der Waals surface area contributed by atoms with Gasteiger partial charge in [0.15, 0.2) is 5.84 Å². The number of benzene rings is 2. The SMILES string of the molecule is COc1cccc(F)c1C(=N)N(O)CC(C)(C)c1ccccc1. The summed E-state index contributed by atoms with van der Waals surface area (Å²) < 4.78 is 19.1. The second-order valence-electron chi connectivity index (χ2n) is 5.97. The van der Waals surface area contributed by atoms with Crippen molar-refractivity contribution in [2.45, 2.75) is 19.3 Å². The van der Waals surface area contributed by atoms with Gasteiger partial charge in [0.1, 0.15) is 11.6 Å². The van der Waals surface area contributed by atoms with Crippen molar-refractivity contribution in [3.63, 3.8) is 0 Å². The number of methoxy groups -OCH3 is 1. The molecule has 0 aliphatic heterocycles. The molecule has 0 amide bonds. The van der Waals surface area contributed by atoms with E-state index in [0.717, 1.165) is 10.6 Å². The van der Waals surface area contributed by atoms with Crippen LogP contribution in [0.3, 0.4) is 0 Å². The third-order valence-corrected chi connectivity index (χ3v) is 3.79. The van der Waals surface area contributed by atoms with Crippen LogP contribution in [0.15, 0.2) is 48.5 Å². The molecule has 2 N–H and O–H groups in total. The zero-order valence-corrected chi connectivity index (χ0v) is 13.5. The Balaban J connectivity index is 2.24. The number of halogens is 1. The minimum absolute atomic E-state index is 0.0543. The van der Waals surface area contributed by atoms with E-state index in [2.05, 4.69) is 0 Å². The summed E-state index contributed by atoms with van der Waals surface area (Å²) in [7, 11) is 1.40. The Bertz CT molecular complexity index is 687. The number of hydrogen-bond donors (Lipinski definition) is 2. The van der Waals surface area contributed by atoms with Gasteiger partial charge in [-0.3, -0.25) is 10.6 Å². The highest BCUT2D eigenvalue weighted by Crippen LogP contribution is 2.27. The van der Waals surface area contributed by atoms with Crippen LogP contribution in [0.1, 0.15) is 25.0 Å². The molecule has 4 nitrogen and oxygen atoms in total. The Morgan fingerprint density at radius 2 is 1.83 bits per heavy atom. The van der Waals surface area contributed by atoms with E-state index in [1.165, 1.54) is 19.2 Å². The highest BCUT2D eigenvalue weighted by atomic mass is 19.1. The second-order valence-corrected chi connectivity index (χ2v) is 5.97. The van der Waals surface area contributed by atoms with Crippen molar-refractivity contribution in [2.24, 2.45) is 0 Å². The maximum absolute atomic E-state index is 14.0. The van der Waals surface area contributed by atoms with E-state index in [4.69, 9.17) is 10.1 Å². The van der Waals surface area contributed by atoms with E-state index in [9.17, 15) is 9.60 Å². The van der Waals surface area contributed by atoms with Crippen molar-refractivity contribution in [2.75, 3.05) is 13.7 Å². The molecule has 0 unspecified atom stereocenters. The lowest BCUT2D eigenvalue weighted by atomic mass is 9.84. The Kier molecular flexibility index (Phi) is 5.01. The predicted octanol–water partition coefficient (Wildman–Crippen LogP) is 3.83. The van der Waals surface area contributed by atoms with Crippen LogP contribution >= 0.6 is 0 Å². The number of nitrogens with zero attached hydrogens (tertiary/aromatic N) is 1. The highest BCUT2D eigenvalue weighted by molar-refractivity contribution is 5.98. The molecule has 0 aromatic heterocycles. The van der Waals surface area contributed by atoms with Gasteiger partial charge in [0.05, 0.1) is 19.2 Å². The van der Waals surface area contributed by atoms with E-state index < -0.39 is 11.2 Å². The molecule has 0 radical (unpaired) electrons. The summed E-state index contributed by atoms with van der Waals surface area (Å²) in [6.07, 6.45) is 0. The first-order valence-electron chi connectivity index (χ1n) is 7.30. The van der Waals surface area contributed by atoms with E-state index >= 15 is 0 Å². The van der Waals surface area contributed by atoms with Crippen LogP contribution in [0.4, 0.5) is 4.39 Å². The molecule has 0 heterocycles. The van der Waals surface area contributed by atoms with Crippen molar-refractivity contribution in [3.8, 4) is 5.75 Å². The van der Waals surface area contributed by atoms with Crippen LogP contribution in [-0.2, 0) is 5.41 Å². The lowest BCUT2D eigenvalue weighted by molar-refractivity contribution is -0.0298. The van der Waals surface area contributed by atoms with E-state index in [-0.39, 0.29) is 23.7 Å². The molecule has 0 bridgehead atoms. The number of hydrogen-bond acceptors (Lipinski definition) is 3. The fourth-order valence-electron chi connectivity index (χ4n) is 2.47. The molecular weight excluding hydrogens is 295 g/mol. The van der Waals surface area contributed by atoms with Gasteiger partial charge in [-0.05, 0) is 17.7 Å². The van der Waals surface area contributed by atoms with Crippen molar-refractivity contribution in [1.82, 2.24) is 5.06 Å². The Morgan fingerprint density at radius 3 is 2.43 bits per heavy atom. The van der Waals surface area contributed by atoms with Gasteiger partial charge in [0.25, 0.3) is 0 Å². The minimum atomic E-state index is -0.606.